The molecule has 3 aromatic rings. The molecule has 0 saturated carbocycles. The van der Waals surface area contributed by atoms with Crippen LogP contribution in [0.15, 0.2) is 48.9 Å². The van der Waals surface area contributed by atoms with Crippen LogP contribution < -0.4 is 5.32 Å². The predicted molar refractivity (Wildman–Crippen MR) is 105 cm³/mol. The number of hydrogen-bond donors (Lipinski definition) is 1. The molecule has 6 nitrogen and oxygen atoms in total. The molecule has 0 spiro atoms. The number of carbonyl (C=O) groups is 1. The van der Waals surface area contributed by atoms with Gasteiger partial charge in [0.25, 0.3) is 5.91 Å². The maximum Gasteiger partial charge on any atom is 0.261 e. The number of carbonyl (C=O) groups excluding carboxylic acids is 1. The van der Waals surface area contributed by atoms with Gasteiger partial charge in [-0.2, -0.15) is 5.10 Å². The number of pyridine rings is 1. The lowest BCUT2D eigenvalue weighted by Gasteiger charge is -2.22. The van der Waals surface area contributed by atoms with E-state index >= 15 is 0 Å². The first-order chi connectivity index (χ1) is 13.2. The lowest BCUT2D eigenvalue weighted by Crippen LogP contribution is -2.22. The second-order valence-electron chi connectivity index (χ2n) is 6.86. The molecule has 1 saturated heterocycles. The van der Waals surface area contributed by atoms with Gasteiger partial charge in [-0.05, 0) is 43.7 Å². The summed E-state index contributed by atoms with van der Waals surface area (Å²) in [7, 11) is 1.94. The molecule has 4 heterocycles. The fraction of sp³-hybridized carbons (Fsp3) is 0.350. The molecule has 0 aromatic carbocycles. The summed E-state index contributed by atoms with van der Waals surface area (Å²) < 4.78 is 1.84. The molecule has 1 fully saturated rings. The Morgan fingerprint density at radius 3 is 3.04 bits per heavy atom. The van der Waals surface area contributed by atoms with Gasteiger partial charge in [-0.3, -0.25) is 19.4 Å². The molecule has 0 unspecified atom stereocenters. The van der Waals surface area contributed by atoms with Crippen molar-refractivity contribution >= 4 is 17.2 Å². The summed E-state index contributed by atoms with van der Waals surface area (Å²) in [5.41, 5.74) is 2.09. The molecule has 0 aliphatic carbocycles. The molecule has 1 N–H and O–H groups in total. The van der Waals surface area contributed by atoms with Gasteiger partial charge in [0, 0.05) is 42.5 Å². The third-order valence-corrected chi connectivity index (χ3v) is 6.03. The van der Waals surface area contributed by atoms with Crippen LogP contribution in [0.4, 0.5) is 0 Å². The van der Waals surface area contributed by atoms with E-state index in [1.165, 1.54) is 16.9 Å². The SMILES string of the molecule is Cn1cc(CN2CCC[C@@H]2c2ccc(C(=O)NCc3ccccn3)s2)cn1. The highest BCUT2D eigenvalue weighted by Gasteiger charge is 2.28. The number of aryl methyl sites for hydroxylation is 1. The topological polar surface area (TPSA) is 63.1 Å². The minimum absolute atomic E-state index is 0.0336. The van der Waals surface area contributed by atoms with Crippen molar-refractivity contribution in [2.75, 3.05) is 6.54 Å². The van der Waals surface area contributed by atoms with Gasteiger partial charge in [0.05, 0.1) is 23.3 Å². The third-order valence-electron chi connectivity index (χ3n) is 4.84. The zero-order valence-corrected chi connectivity index (χ0v) is 16.2. The number of rotatable bonds is 6. The van der Waals surface area contributed by atoms with Crippen LogP contribution in [0.1, 0.15) is 44.7 Å². The Labute approximate surface area is 162 Å². The van der Waals surface area contributed by atoms with Crippen molar-refractivity contribution in [1.29, 1.82) is 0 Å². The fourth-order valence-electron chi connectivity index (χ4n) is 3.54. The Morgan fingerprint density at radius 1 is 1.33 bits per heavy atom. The van der Waals surface area contributed by atoms with Gasteiger partial charge in [-0.15, -0.1) is 11.3 Å². The lowest BCUT2D eigenvalue weighted by atomic mass is 10.2. The molecular formula is C20H23N5OS. The molecule has 3 aromatic heterocycles. The van der Waals surface area contributed by atoms with Crippen molar-refractivity contribution in [3.63, 3.8) is 0 Å². The Bertz CT molecular complexity index is 904. The minimum atomic E-state index is -0.0336. The summed E-state index contributed by atoms with van der Waals surface area (Å²) in [4.78, 5) is 21.2. The van der Waals surface area contributed by atoms with Crippen LogP contribution in [0.5, 0.6) is 0 Å². The van der Waals surface area contributed by atoms with Crippen LogP contribution in [0, 0.1) is 0 Å². The Hall–Kier alpha value is -2.51. The molecule has 1 amide bonds. The monoisotopic (exact) mass is 381 g/mol. The zero-order chi connectivity index (χ0) is 18.6. The highest BCUT2D eigenvalue weighted by Crippen LogP contribution is 2.36. The Morgan fingerprint density at radius 2 is 2.26 bits per heavy atom. The normalized spacial score (nSPS) is 17.3. The van der Waals surface area contributed by atoms with Gasteiger partial charge in [0.15, 0.2) is 0 Å². The van der Waals surface area contributed by atoms with E-state index in [1.807, 2.05) is 42.2 Å². The van der Waals surface area contributed by atoms with Crippen molar-refractivity contribution in [2.24, 2.45) is 7.05 Å². The van der Waals surface area contributed by atoms with E-state index in [0.717, 1.165) is 30.1 Å². The largest absolute Gasteiger partial charge is 0.346 e. The number of hydrogen-bond acceptors (Lipinski definition) is 5. The average Bonchev–Trinajstić information content (AvgIpc) is 3.42. The number of nitrogens with one attached hydrogen (secondary N) is 1. The van der Waals surface area contributed by atoms with E-state index in [4.69, 9.17) is 0 Å². The van der Waals surface area contributed by atoms with Crippen molar-refractivity contribution in [3.05, 3.63) is 69.9 Å². The van der Waals surface area contributed by atoms with Gasteiger partial charge < -0.3 is 5.32 Å². The van der Waals surface area contributed by atoms with Crippen molar-refractivity contribution in [2.45, 2.75) is 32.0 Å². The van der Waals surface area contributed by atoms with E-state index in [0.29, 0.717) is 12.6 Å². The molecule has 0 bridgehead atoms. The summed E-state index contributed by atoms with van der Waals surface area (Å²) in [5, 5.41) is 7.22. The van der Waals surface area contributed by atoms with E-state index in [-0.39, 0.29) is 5.91 Å². The molecule has 0 radical (unpaired) electrons. The first kappa shape index (κ1) is 17.9. The second kappa shape index (κ2) is 8.02. The fourth-order valence-corrected chi connectivity index (χ4v) is 4.63. The number of thiophene rings is 1. The molecule has 140 valence electrons. The maximum absolute atomic E-state index is 12.5. The smallest absolute Gasteiger partial charge is 0.261 e. The molecular weight excluding hydrogens is 358 g/mol. The minimum Gasteiger partial charge on any atom is -0.346 e. The molecule has 27 heavy (non-hydrogen) atoms. The van der Waals surface area contributed by atoms with Crippen LogP contribution in [0.3, 0.4) is 0 Å². The van der Waals surface area contributed by atoms with Gasteiger partial charge in [-0.25, -0.2) is 0 Å². The van der Waals surface area contributed by atoms with Crippen molar-refractivity contribution in [3.8, 4) is 0 Å². The number of amides is 1. The highest BCUT2D eigenvalue weighted by molar-refractivity contribution is 7.14. The summed E-state index contributed by atoms with van der Waals surface area (Å²) >= 11 is 1.60. The number of likely N-dealkylation sites (tertiary alicyclic amines) is 1. The summed E-state index contributed by atoms with van der Waals surface area (Å²) in [6.45, 7) is 2.43. The summed E-state index contributed by atoms with van der Waals surface area (Å²) in [6, 6.07) is 10.1. The number of nitrogens with zero attached hydrogens (tertiary/aromatic N) is 4. The second-order valence-corrected chi connectivity index (χ2v) is 7.97. The molecule has 1 aliphatic heterocycles. The Kier molecular flexibility index (Phi) is 5.31. The zero-order valence-electron chi connectivity index (χ0n) is 15.3. The van der Waals surface area contributed by atoms with Gasteiger partial charge in [0.1, 0.15) is 0 Å². The van der Waals surface area contributed by atoms with Crippen molar-refractivity contribution < 1.29 is 4.79 Å². The van der Waals surface area contributed by atoms with E-state index < -0.39 is 0 Å². The van der Waals surface area contributed by atoms with E-state index in [1.54, 1.807) is 17.5 Å². The van der Waals surface area contributed by atoms with Crippen molar-refractivity contribution in [1.82, 2.24) is 25.0 Å². The van der Waals surface area contributed by atoms with E-state index in [2.05, 4.69) is 32.6 Å². The molecule has 1 aliphatic rings. The lowest BCUT2D eigenvalue weighted by molar-refractivity contribution is 0.0954. The first-order valence-electron chi connectivity index (χ1n) is 9.18. The van der Waals surface area contributed by atoms with Crippen LogP contribution in [-0.2, 0) is 20.1 Å². The van der Waals surface area contributed by atoms with Gasteiger partial charge >= 0.3 is 0 Å². The van der Waals surface area contributed by atoms with Gasteiger partial charge in [-0.1, -0.05) is 6.07 Å². The third kappa shape index (κ3) is 4.26. The highest BCUT2D eigenvalue weighted by atomic mass is 32.1. The number of aromatic nitrogens is 3. The molecule has 7 heteroatoms. The van der Waals surface area contributed by atoms with Crippen LogP contribution in [-0.4, -0.2) is 32.1 Å². The van der Waals surface area contributed by atoms with E-state index in [9.17, 15) is 4.79 Å². The first-order valence-corrected chi connectivity index (χ1v) is 10.00. The standard InChI is InChI=1S/C20H23N5OS/c1-24-13-15(11-23-24)14-25-10-4-6-17(25)18-7-8-19(27-18)20(26)22-12-16-5-2-3-9-21-16/h2-3,5,7-9,11,13,17H,4,6,10,12,14H2,1H3,(H,22,26)/t17-/m1/s1. The summed E-state index contributed by atoms with van der Waals surface area (Å²) in [6.07, 6.45) is 8.06. The predicted octanol–water partition coefficient (Wildman–Crippen LogP) is 3.14. The van der Waals surface area contributed by atoms with Crippen LogP contribution >= 0.6 is 11.3 Å². The maximum atomic E-state index is 12.5. The molecule has 4 rings (SSSR count). The van der Waals surface area contributed by atoms with Gasteiger partial charge in [0.2, 0.25) is 0 Å². The summed E-state index contributed by atoms with van der Waals surface area (Å²) in [5.74, 6) is -0.0336. The quantitative estimate of drug-likeness (QED) is 0.712. The van der Waals surface area contributed by atoms with Crippen LogP contribution in [0.2, 0.25) is 0 Å². The Balaban J connectivity index is 1.39. The molecule has 1 atom stereocenters. The average molecular weight is 382 g/mol. The van der Waals surface area contributed by atoms with Crippen LogP contribution in [0.25, 0.3) is 0 Å².